The summed E-state index contributed by atoms with van der Waals surface area (Å²) in [6.07, 6.45) is 0. The molecule has 0 atom stereocenters. The van der Waals surface area contributed by atoms with Gasteiger partial charge < -0.3 is 0 Å². The summed E-state index contributed by atoms with van der Waals surface area (Å²) in [6, 6.07) is 0. The lowest BCUT2D eigenvalue weighted by molar-refractivity contribution is 0.103. The fourth-order valence-corrected chi connectivity index (χ4v) is 2.84. The van der Waals surface area contributed by atoms with Gasteiger partial charge in [-0.05, 0) is 27.5 Å². The lowest BCUT2D eigenvalue weighted by atomic mass is 9.90. The molecule has 0 spiro atoms. The van der Waals surface area contributed by atoms with Crippen molar-refractivity contribution >= 4 is 33.2 Å². The van der Waals surface area contributed by atoms with Crippen molar-refractivity contribution in [2.75, 3.05) is 0 Å². The Balaban J connectivity index is 2.51. The SMILES string of the molecule is Cn1nnc(Br)c1C(=O)c1snnc1C(C)(C)C. The van der Waals surface area contributed by atoms with Crippen LogP contribution >= 0.6 is 27.5 Å². The molecule has 0 saturated carbocycles. The molecule has 2 aromatic rings. The summed E-state index contributed by atoms with van der Waals surface area (Å²) in [5.74, 6) is -0.158. The Hall–Kier alpha value is -1.15. The molecule has 2 heterocycles. The minimum atomic E-state index is -0.226. The Kier molecular flexibility index (Phi) is 3.33. The number of aromatic nitrogens is 5. The van der Waals surface area contributed by atoms with E-state index < -0.39 is 0 Å². The van der Waals surface area contributed by atoms with E-state index in [2.05, 4.69) is 35.8 Å². The van der Waals surface area contributed by atoms with Gasteiger partial charge in [0.15, 0.2) is 4.60 Å². The van der Waals surface area contributed by atoms with Crippen LogP contribution in [0.4, 0.5) is 0 Å². The van der Waals surface area contributed by atoms with E-state index in [9.17, 15) is 4.79 Å². The quantitative estimate of drug-likeness (QED) is 0.787. The van der Waals surface area contributed by atoms with E-state index in [1.807, 2.05) is 20.8 Å². The summed E-state index contributed by atoms with van der Waals surface area (Å²) in [5.41, 5.74) is 0.883. The number of hydrogen-bond donors (Lipinski definition) is 0. The fourth-order valence-electron chi connectivity index (χ4n) is 1.51. The maximum Gasteiger partial charge on any atom is 0.227 e. The maximum atomic E-state index is 12.5. The number of hydrogen-bond acceptors (Lipinski definition) is 6. The second kappa shape index (κ2) is 4.51. The molecule has 96 valence electrons. The van der Waals surface area contributed by atoms with Crippen LogP contribution in [0, 0.1) is 0 Å². The second-order valence-electron chi connectivity index (χ2n) is 4.88. The number of carbonyl (C=O) groups is 1. The Bertz CT molecular complexity index is 578. The molecule has 0 bridgehead atoms. The van der Waals surface area contributed by atoms with Gasteiger partial charge in [-0.15, -0.1) is 10.2 Å². The Labute approximate surface area is 117 Å². The van der Waals surface area contributed by atoms with Crippen LogP contribution in [0.3, 0.4) is 0 Å². The van der Waals surface area contributed by atoms with Crippen LogP contribution in [0.2, 0.25) is 0 Å². The van der Waals surface area contributed by atoms with E-state index in [0.29, 0.717) is 20.9 Å². The lowest BCUT2D eigenvalue weighted by Gasteiger charge is -2.15. The lowest BCUT2D eigenvalue weighted by Crippen LogP contribution is -2.18. The molecule has 2 rings (SSSR count). The standard InChI is InChI=1S/C10H12BrN5OS/c1-10(2,3)8-7(18-15-12-8)6(17)5-9(11)13-14-16(5)4/h1-4H3. The molecular weight excluding hydrogens is 318 g/mol. The highest BCUT2D eigenvalue weighted by Gasteiger charge is 2.29. The molecule has 0 aromatic carbocycles. The van der Waals surface area contributed by atoms with Crippen molar-refractivity contribution in [3.05, 3.63) is 20.9 Å². The molecule has 0 aliphatic rings. The van der Waals surface area contributed by atoms with Gasteiger partial charge in [-0.3, -0.25) is 4.79 Å². The van der Waals surface area contributed by atoms with Crippen molar-refractivity contribution in [2.45, 2.75) is 26.2 Å². The first kappa shape index (κ1) is 13.3. The van der Waals surface area contributed by atoms with Crippen LogP contribution in [-0.2, 0) is 12.5 Å². The van der Waals surface area contributed by atoms with Gasteiger partial charge in [-0.25, -0.2) is 4.68 Å². The zero-order valence-electron chi connectivity index (χ0n) is 10.4. The van der Waals surface area contributed by atoms with Gasteiger partial charge in [0.05, 0.1) is 5.69 Å². The molecule has 0 fully saturated rings. The van der Waals surface area contributed by atoms with Crippen LogP contribution in [0.15, 0.2) is 4.60 Å². The van der Waals surface area contributed by atoms with Crippen molar-refractivity contribution in [3.8, 4) is 0 Å². The third kappa shape index (κ3) is 2.22. The van der Waals surface area contributed by atoms with E-state index in [4.69, 9.17) is 0 Å². The molecule has 0 aliphatic carbocycles. The van der Waals surface area contributed by atoms with Crippen LogP contribution in [0.25, 0.3) is 0 Å². The van der Waals surface area contributed by atoms with Gasteiger partial charge in [0, 0.05) is 12.5 Å². The maximum absolute atomic E-state index is 12.5. The van der Waals surface area contributed by atoms with Gasteiger partial charge in [0.1, 0.15) is 10.6 Å². The molecule has 8 heteroatoms. The van der Waals surface area contributed by atoms with E-state index in [1.54, 1.807) is 7.05 Å². The summed E-state index contributed by atoms with van der Waals surface area (Å²) in [6.45, 7) is 5.99. The topological polar surface area (TPSA) is 73.6 Å². The monoisotopic (exact) mass is 329 g/mol. The van der Waals surface area contributed by atoms with Crippen LogP contribution < -0.4 is 0 Å². The third-order valence-electron chi connectivity index (χ3n) is 2.41. The van der Waals surface area contributed by atoms with E-state index in [0.717, 1.165) is 11.5 Å². The molecule has 2 aromatic heterocycles. The number of ketones is 1. The molecular formula is C10H12BrN5OS. The largest absolute Gasteiger partial charge is 0.286 e. The molecule has 0 aliphatic heterocycles. The van der Waals surface area contributed by atoms with Crippen molar-refractivity contribution in [1.82, 2.24) is 24.6 Å². The Morgan fingerprint density at radius 1 is 1.33 bits per heavy atom. The van der Waals surface area contributed by atoms with Crippen LogP contribution in [0.1, 0.15) is 41.8 Å². The second-order valence-corrected chi connectivity index (χ2v) is 6.39. The van der Waals surface area contributed by atoms with Crippen molar-refractivity contribution in [2.24, 2.45) is 7.05 Å². The molecule has 0 radical (unpaired) electrons. The molecule has 0 saturated heterocycles. The average Bonchev–Trinajstić information content (AvgIpc) is 2.84. The molecule has 0 unspecified atom stereocenters. The molecule has 0 N–H and O–H groups in total. The number of carbonyl (C=O) groups excluding carboxylic acids is 1. The van der Waals surface area contributed by atoms with Gasteiger partial charge in [0.2, 0.25) is 5.78 Å². The van der Waals surface area contributed by atoms with Gasteiger partial charge in [-0.2, -0.15) is 0 Å². The van der Waals surface area contributed by atoms with E-state index in [-0.39, 0.29) is 11.2 Å². The molecule has 6 nitrogen and oxygen atoms in total. The first-order valence-electron chi connectivity index (χ1n) is 5.25. The third-order valence-corrected chi connectivity index (χ3v) is 3.66. The molecule has 0 amide bonds. The van der Waals surface area contributed by atoms with E-state index in [1.165, 1.54) is 4.68 Å². The normalized spacial score (nSPS) is 11.8. The summed E-state index contributed by atoms with van der Waals surface area (Å²) < 4.78 is 5.76. The highest BCUT2D eigenvalue weighted by Crippen LogP contribution is 2.28. The summed E-state index contributed by atoms with van der Waals surface area (Å²) >= 11 is 4.33. The Morgan fingerprint density at radius 2 is 2.00 bits per heavy atom. The summed E-state index contributed by atoms with van der Waals surface area (Å²) in [7, 11) is 1.68. The summed E-state index contributed by atoms with van der Waals surface area (Å²) in [4.78, 5) is 13.0. The van der Waals surface area contributed by atoms with Gasteiger partial charge in [-0.1, -0.05) is 30.5 Å². The number of nitrogens with zero attached hydrogens (tertiary/aromatic N) is 5. The van der Waals surface area contributed by atoms with Gasteiger partial charge >= 0.3 is 0 Å². The van der Waals surface area contributed by atoms with Crippen LogP contribution in [0.5, 0.6) is 0 Å². The smallest absolute Gasteiger partial charge is 0.227 e. The minimum Gasteiger partial charge on any atom is -0.286 e. The predicted octanol–water partition coefficient (Wildman–Crippen LogP) is 1.96. The van der Waals surface area contributed by atoms with Crippen molar-refractivity contribution in [1.29, 1.82) is 0 Å². The van der Waals surface area contributed by atoms with E-state index >= 15 is 0 Å². The predicted molar refractivity (Wildman–Crippen MR) is 70.7 cm³/mol. The first-order chi connectivity index (χ1) is 8.32. The zero-order valence-corrected chi connectivity index (χ0v) is 12.8. The first-order valence-corrected chi connectivity index (χ1v) is 6.81. The summed E-state index contributed by atoms with van der Waals surface area (Å²) in [5, 5.41) is 11.7. The minimum absolute atomic E-state index is 0.158. The number of halogens is 1. The fraction of sp³-hybridized carbons (Fsp3) is 0.500. The highest BCUT2D eigenvalue weighted by molar-refractivity contribution is 9.10. The average molecular weight is 330 g/mol. The zero-order chi connectivity index (χ0) is 13.5. The Morgan fingerprint density at radius 3 is 2.50 bits per heavy atom. The number of rotatable bonds is 2. The van der Waals surface area contributed by atoms with Gasteiger partial charge in [0.25, 0.3) is 0 Å². The van der Waals surface area contributed by atoms with Crippen molar-refractivity contribution in [3.63, 3.8) is 0 Å². The highest BCUT2D eigenvalue weighted by atomic mass is 79.9. The van der Waals surface area contributed by atoms with Crippen LogP contribution in [-0.4, -0.2) is 30.4 Å². The molecule has 18 heavy (non-hydrogen) atoms. The van der Waals surface area contributed by atoms with Crippen molar-refractivity contribution < 1.29 is 4.79 Å². The number of aryl methyl sites for hydroxylation is 1.